The minimum Gasteiger partial charge on any atom is -0.384 e. The van der Waals surface area contributed by atoms with E-state index in [1.165, 1.54) is 16.3 Å². The number of benzene rings is 3. The van der Waals surface area contributed by atoms with Gasteiger partial charge in [-0.05, 0) is 28.5 Å². The molecule has 3 aromatic rings. The summed E-state index contributed by atoms with van der Waals surface area (Å²) in [4.78, 5) is 0. The Labute approximate surface area is 123 Å². The molecule has 0 radical (unpaired) electrons. The number of hydrogen-bond acceptors (Lipinski definition) is 2. The zero-order valence-electron chi connectivity index (χ0n) is 11.6. The van der Waals surface area contributed by atoms with E-state index >= 15 is 0 Å². The number of hydrogen-bond donors (Lipinski definition) is 3. The molecule has 104 valence electrons. The highest BCUT2D eigenvalue weighted by Gasteiger charge is 2.01. The maximum absolute atomic E-state index is 7.49. The summed E-state index contributed by atoms with van der Waals surface area (Å²) in [6.07, 6.45) is 0. The van der Waals surface area contributed by atoms with Gasteiger partial charge in [0, 0.05) is 17.8 Å². The highest BCUT2D eigenvalue weighted by atomic mass is 14.9. The Balaban J connectivity index is 1.84. The highest BCUT2D eigenvalue weighted by Crippen LogP contribution is 2.20. The van der Waals surface area contributed by atoms with Crippen LogP contribution < -0.4 is 11.1 Å². The van der Waals surface area contributed by atoms with Crippen LogP contribution in [0, 0.1) is 5.41 Å². The lowest BCUT2D eigenvalue weighted by molar-refractivity contribution is 1.17. The van der Waals surface area contributed by atoms with Gasteiger partial charge in [-0.15, -0.1) is 0 Å². The Hall–Kier alpha value is -2.81. The second-order valence-corrected chi connectivity index (χ2v) is 4.99. The normalized spacial score (nSPS) is 10.5. The van der Waals surface area contributed by atoms with Crippen molar-refractivity contribution in [3.63, 3.8) is 0 Å². The molecular formula is C18H17N3. The Morgan fingerprint density at radius 3 is 2.57 bits per heavy atom. The Kier molecular flexibility index (Phi) is 3.56. The molecule has 0 saturated carbocycles. The minimum absolute atomic E-state index is 0.0869. The third kappa shape index (κ3) is 2.87. The van der Waals surface area contributed by atoms with Gasteiger partial charge in [0.2, 0.25) is 0 Å². The van der Waals surface area contributed by atoms with Crippen LogP contribution in [-0.2, 0) is 6.54 Å². The predicted octanol–water partition coefficient (Wildman–Crippen LogP) is 3.74. The molecular weight excluding hydrogens is 258 g/mol. The number of fused-ring (bicyclic) bond motifs is 1. The van der Waals surface area contributed by atoms with Crippen molar-refractivity contribution in [2.45, 2.75) is 6.54 Å². The van der Waals surface area contributed by atoms with Crippen LogP contribution in [0.2, 0.25) is 0 Å². The van der Waals surface area contributed by atoms with Crippen molar-refractivity contribution in [3.05, 3.63) is 77.9 Å². The van der Waals surface area contributed by atoms with E-state index in [-0.39, 0.29) is 5.84 Å². The van der Waals surface area contributed by atoms with Gasteiger partial charge in [0.15, 0.2) is 0 Å². The number of nitrogen functional groups attached to an aromatic ring is 1. The predicted molar refractivity (Wildman–Crippen MR) is 88.7 cm³/mol. The van der Waals surface area contributed by atoms with Crippen LogP contribution >= 0.6 is 0 Å². The summed E-state index contributed by atoms with van der Waals surface area (Å²) < 4.78 is 0. The van der Waals surface area contributed by atoms with Crippen LogP contribution in [0.1, 0.15) is 11.1 Å². The van der Waals surface area contributed by atoms with Gasteiger partial charge in [-0.2, -0.15) is 0 Å². The van der Waals surface area contributed by atoms with E-state index in [9.17, 15) is 0 Å². The van der Waals surface area contributed by atoms with Crippen molar-refractivity contribution in [2.24, 2.45) is 5.73 Å². The monoisotopic (exact) mass is 275 g/mol. The summed E-state index contributed by atoms with van der Waals surface area (Å²) in [5, 5.41) is 13.4. The zero-order valence-corrected chi connectivity index (χ0v) is 11.6. The summed E-state index contributed by atoms with van der Waals surface area (Å²) in [5.41, 5.74) is 8.47. The molecule has 0 bridgehead atoms. The molecule has 3 nitrogen and oxygen atoms in total. The highest BCUT2D eigenvalue weighted by molar-refractivity contribution is 5.95. The smallest absolute Gasteiger partial charge is 0.122 e. The molecule has 4 N–H and O–H groups in total. The lowest BCUT2D eigenvalue weighted by Crippen LogP contribution is -2.11. The van der Waals surface area contributed by atoms with Crippen molar-refractivity contribution >= 4 is 22.3 Å². The van der Waals surface area contributed by atoms with Crippen LogP contribution in [0.15, 0.2) is 66.7 Å². The van der Waals surface area contributed by atoms with Crippen LogP contribution in [0.25, 0.3) is 10.8 Å². The van der Waals surface area contributed by atoms with E-state index in [1.807, 2.05) is 24.3 Å². The standard InChI is InChI=1S/C18H17N3/c19-18(20)14-7-4-9-16(11-14)21-12-15-8-3-6-13-5-1-2-10-17(13)15/h1-11,21H,12H2,(H3,19,20). The first-order valence-corrected chi connectivity index (χ1v) is 6.89. The van der Waals surface area contributed by atoms with Gasteiger partial charge in [0.25, 0.3) is 0 Å². The summed E-state index contributed by atoms with van der Waals surface area (Å²) in [6.45, 7) is 0.739. The van der Waals surface area contributed by atoms with Crippen LogP contribution in [-0.4, -0.2) is 5.84 Å². The molecule has 3 heteroatoms. The molecule has 0 aliphatic heterocycles. The Morgan fingerprint density at radius 1 is 0.952 bits per heavy atom. The van der Waals surface area contributed by atoms with Gasteiger partial charge in [-0.1, -0.05) is 54.6 Å². The first-order valence-electron chi connectivity index (χ1n) is 6.89. The van der Waals surface area contributed by atoms with Crippen molar-refractivity contribution in [3.8, 4) is 0 Å². The molecule has 21 heavy (non-hydrogen) atoms. The number of rotatable bonds is 4. The maximum Gasteiger partial charge on any atom is 0.122 e. The summed E-state index contributed by atoms with van der Waals surface area (Å²) in [7, 11) is 0. The third-order valence-corrected chi connectivity index (χ3v) is 3.54. The fourth-order valence-corrected chi connectivity index (χ4v) is 2.44. The second kappa shape index (κ2) is 5.67. The molecule has 0 saturated heterocycles. The lowest BCUT2D eigenvalue weighted by Gasteiger charge is -2.10. The average molecular weight is 275 g/mol. The maximum atomic E-state index is 7.49. The molecule has 0 fully saturated rings. The first kappa shape index (κ1) is 13.2. The van der Waals surface area contributed by atoms with Crippen molar-refractivity contribution in [2.75, 3.05) is 5.32 Å². The van der Waals surface area contributed by atoms with E-state index in [2.05, 4.69) is 47.8 Å². The molecule has 0 aliphatic carbocycles. The number of nitrogens with one attached hydrogen (secondary N) is 2. The molecule has 0 atom stereocenters. The SMILES string of the molecule is N=C(N)c1cccc(NCc2cccc3ccccc23)c1. The molecule has 3 rings (SSSR count). The largest absolute Gasteiger partial charge is 0.384 e. The number of amidine groups is 1. The van der Waals surface area contributed by atoms with Gasteiger partial charge in [-0.3, -0.25) is 5.41 Å². The number of nitrogens with two attached hydrogens (primary N) is 1. The summed E-state index contributed by atoms with van der Waals surface area (Å²) in [5.74, 6) is 0.0869. The van der Waals surface area contributed by atoms with Gasteiger partial charge in [0.1, 0.15) is 5.84 Å². The quantitative estimate of drug-likeness (QED) is 0.502. The molecule has 0 aromatic heterocycles. The third-order valence-electron chi connectivity index (χ3n) is 3.54. The van der Waals surface area contributed by atoms with Gasteiger partial charge >= 0.3 is 0 Å². The molecule has 0 spiro atoms. The van der Waals surface area contributed by atoms with Crippen molar-refractivity contribution in [1.82, 2.24) is 0 Å². The topological polar surface area (TPSA) is 61.9 Å². The van der Waals surface area contributed by atoms with Crippen LogP contribution in [0.4, 0.5) is 5.69 Å². The number of anilines is 1. The van der Waals surface area contributed by atoms with Crippen molar-refractivity contribution in [1.29, 1.82) is 5.41 Å². The molecule has 0 heterocycles. The Morgan fingerprint density at radius 2 is 1.71 bits per heavy atom. The molecule has 3 aromatic carbocycles. The van der Waals surface area contributed by atoms with E-state index < -0.39 is 0 Å². The van der Waals surface area contributed by atoms with Crippen LogP contribution in [0.5, 0.6) is 0 Å². The summed E-state index contributed by atoms with van der Waals surface area (Å²) in [6, 6.07) is 22.3. The van der Waals surface area contributed by atoms with Gasteiger partial charge in [-0.25, -0.2) is 0 Å². The summed E-state index contributed by atoms with van der Waals surface area (Å²) >= 11 is 0. The fraction of sp³-hybridized carbons (Fsp3) is 0.0556. The molecule has 0 unspecified atom stereocenters. The van der Waals surface area contributed by atoms with Crippen molar-refractivity contribution < 1.29 is 0 Å². The van der Waals surface area contributed by atoms with E-state index in [1.54, 1.807) is 0 Å². The minimum atomic E-state index is 0.0869. The Bertz CT molecular complexity index is 788. The van der Waals surface area contributed by atoms with E-state index in [0.717, 1.165) is 17.8 Å². The van der Waals surface area contributed by atoms with Crippen LogP contribution in [0.3, 0.4) is 0 Å². The first-order chi connectivity index (χ1) is 10.2. The fourth-order valence-electron chi connectivity index (χ4n) is 2.44. The zero-order chi connectivity index (χ0) is 14.7. The second-order valence-electron chi connectivity index (χ2n) is 4.99. The lowest BCUT2D eigenvalue weighted by atomic mass is 10.0. The van der Waals surface area contributed by atoms with Gasteiger partial charge in [0.05, 0.1) is 0 Å². The van der Waals surface area contributed by atoms with E-state index in [4.69, 9.17) is 11.1 Å². The molecule has 0 aliphatic rings. The molecule has 0 amide bonds. The van der Waals surface area contributed by atoms with E-state index in [0.29, 0.717) is 0 Å². The average Bonchev–Trinajstić information content (AvgIpc) is 2.53. The van der Waals surface area contributed by atoms with Gasteiger partial charge < -0.3 is 11.1 Å².